The Morgan fingerprint density at radius 1 is 0.941 bits per heavy atom. The van der Waals surface area contributed by atoms with E-state index in [4.69, 9.17) is 0 Å². The van der Waals surface area contributed by atoms with Crippen molar-refractivity contribution >= 4 is 22.8 Å². The largest absolute Gasteiger partial charge is 0.350 e. The number of piperidine rings is 1. The summed E-state index contributed by atoms with van der Waals surface area (Å²) in [5.41, 5.74) is 3.02. The first-order valence-electron chi connectivity index (χ1n) is 12.4. The third-order valence-corrected chi connectivity index (χ3v) is 7.61. The Labute approximate surface area is 201 Å². The highest BCUT2D eigenvalue weighted by molar-refractivity contribution is 6.07. The number of fused-ring (bicyclic) bond motifs is 1. The standard InChI is InChI=1S/C28H34N4O2/c1-21(2)32-26(33)28(31(27(32)34)16-13-22-9-5-4-6-10-22)14-17-30(18-15-28)20-23-19-29(3)25-12-8-7-11-24(23)25/h4-12,19,21H,13-18,20H2,1-3H3. The summed E-state index contributed by atoms with van der Waals surface area (Å²) in [6.07, 6.45) is 4.33. The van der Waals surface area contributed by atoms with Gasteiger partial charge < -0.3 is 9.47 Å². The Bertz CT molecular complexity index is 1190. The van der Waals surface area contributed by atoms with Crippen LogP contribution in [0.4, 0.5) is 4.79 Å². The molecule has 2 aliphatic rings. The van der Waals surface area contributed by atoms with Crippen LogP contribution in [0.3, 0.4) is 0 Å². The molecule has 1 spiro atoms. The molecular weight excluding hydrogens is 424 g/mol. The summed E-state index contributed by atoms with van der Waals surface area (Å²) in [6, 6.07) is 18.5. The SMILES string of the molecule is CC(C)N1C(=O)N(CCc2ccccc2)C2(CCN(Cc3cn(C)c4ccccc34)CC2)C1=O. The third kappa shape index (κ3) is 3.80. The molecule has 0 aliphatic carbocycles. The average molecular weight is 459 g/mol. The van der Waals surface area contributed by atoms with Crippen molar-refractivity contribution in [2.45, 2.75) is 51.2 Å². The number of hydrogen-bond donors (Lipinski definition) is 0. The number of aromatic nitrogens is 1. The number of amides is 3. The van der Waals surface area contributed by atoms with Crippen molar-refractivity contribution in [3.8, 4) is 0 Å². The number of carbonyl (C=O) groups excluding carboxylic acids is 2. The predicted molar refractivity (Wildman–Crippen MR) is 134 cm³/mol. The molecule has 0 saturated carbocycles. The Hall–Kier alpha value is -3.12. The van der Waals surface area contributed by atoms with Crippen LogP contribution in [-0.2, 0) is 24.8 Å². The minimum atomic E-state index is -0.717. The van der Waals surface area contributed by atoms with Crippen molar-refractivity contribution in [1.82, 2.24) is 19.3 Å². The summed E-state index contributed by atoms with van der Waals surface area (Å²) in [5.74, 6) is -0.00891. The summed E-state index contributed by atoms with van der Waals surface area (Å²) in [6.45, 7) is 6.89. The van der Waals surface area contributed by atoms with Gasteiger partial charge in [0.2, 0.25) is 0 Å². The summed E-state index contributed by atoms with van der Waals surface area (Å²) in [7, 11) is 2.09. The van der Waals surface area contributed by atoms with Gasteiger partial charge in [-0.15, -0.1) is 0 Å². The molecule has 2 aliphatic heterocycles. The Kier molecular flexibility index (Phi) is 5.94. The number of benzene rings is 2. The minimum absolute atomic E-state index is 0.00891. The molecule has 0 bridgehead atoms. The van der Waals surface area contributed by atoms with Gasteiger partial charge in [-0.2, -0.15) is 0 Å². The normalized spacial score (nSPS) is 18.7. The molecular formula is C28H34N4O2. The number of carbonyl (C=O) groups is 2. The van der Waals surface area contributed by atoms with Gasteiger partial charge in [0.1, 0.15) is 5.54 Å². The Morgan fingerprint density at radius 3 is 2.32 bits per heavy atom. The monoisotopic (exact) mass is 458 g/mol. The van der Waals surface area contributed by atoms with Crippen LogP contribution in [0.5, 0.6) is 0 Å². The van der Waals surface area contributed by atoms with Crippen LogP contribution >= 0.6 is 0 Å². The molecule has 0 N–H and O–H groups in total. The van der Waals surface area contributed by atoms with Crippen LogP contribution in [0.1, 0.15) is 37.8 Å². The first-order chi connectivity index (χ1) is 16.4. The van der Waals surface area contributed by atoms with Crippen molar-refractivity contribution in [2.75, 3.05) is 19.6 Å². The topological polar surface area (TPSA) is 48.8 Å². The number of nitrogens with zero attached hydrogens (tertiary/aromatic N) is 4. The van der Waals surface area contributed by atoms with Gasteiger partial charge in [0, 0.05) is 56.4 Å². The lowest BCUT2D eigenvalue weighted by Gasteiger charge is -2.42. The minimum Gasteiger partial charge on any atom is -0.350 e. The first kappa shape index (κ1) is 22.7. The average Bonchev–Trinajstić information content (AvgIpc) is 3.26. The molecule has 3 aromatic rings. The van der Waals surface area contributed by atoms with E-state index in [1.165, 1.54) is 26.9 Å². The molecule has 5 rings (SSSR count). The number of rotatable bonds is 6. The van der Waals surface area contributed by atoms with Crippen LogP contribution in [0.15, 0.2) is 60.8 Å². The maximum absolute atomic E-state index is 13.6. The zero-order valence-electron chi connectivity index (χ0n) is 20.4. The molecule has 3 amide bonds. The molecule has 2 fully saturated rings. The van der Waals surface area contributed by atoms with Gasteiger partial charge in [0.05, 0.1) is 0 Å². The van der Waals surface area contributed by atoms with Gasteiger partial charge in [-0.3, -0.25) is 14.6 Å². The molecule has 34 heavy (non-hydrogen) atoms. The second-order valence-corrected chi connectivity index (χ2v) is 10.0. The van der Waals surface area contributed by atoms with E-state index >= 15 is 0 Å². The van der Waals surface area contributed by atoms with Crippen LogP contribution in [-0.4, -0.2) is 62.4 Å². The van der Waals surface area contributed by atoms with Gasteiger partial charge in [-0.1, -0.05) is 48.5 Å². The van der Waals surface area contributed by atoms with Crippen LogP contribution in [0.25, 0.3) is 10.9 Å². The third-order valence-electron chi connectivity index (χ3n) is 7.61. The zero-order valence-corrected chi connectivity index (χ0v) is 20.4. The highest BCUT2D eigenvalue weighted by Crippen LogP contribution is 2.39. The number of urea groups is 1. The molecule has 1 aromatic heterocycles. The molecule has 2 saturated heterocycles. The van der Waals surface area contributed by atoms with Crippen molar-refractivity contribution in [3.05, 3.63) is 71.9 Å². The predicted octanol–water partition coefficient (Wildman–Crippen LogP) is 4.43. The quantitative estimate of drug-likeness (QED) is 0.514. The fourth-order valence-electron chi connectivity index (χ4n) is 5.75. The van der Waals surface area contributed by atoms with Crippen LogP contribution < -0.4 is 0 Å². The lowest BCUT2D eigenvalue weighted by molar-refractivity contribution is -0.136. The number of para-hydroxylation sites is 1. The molecule has 3 heterocycles. The Morgan fingerprint density at radius 2 is 1.62 bits per heavy atom. The summed E-state index contributed by atoms with van der Waals surface area (Å²) < 4.78 is 2.18. The maximum Gasteiger partial charge on any atom is 0.327 e. The van der Waals surface area contributed by atoms with E-state index in [1.807, 2.05) is 36.9 Å². The highest BCUT2D eigenvalue weighted by Gasteiger charge is 2.58. The molecule has 0 radical (unpaired) electrons. The van der Waals surface area contributed by atoms with E-state index in [0.717, 1.165) is 26.1 Å². The fraction of sp³-hybridized carbons (Fsp3) is 0.429. The van der Waals surface area contributed by atoms with Crippen molar-refractivity contribution in [3.63, 3.8) is 0 Å². The number of imide groups is 1. The fourth-order valence-corrected chi connectivity index (χ4v) is 5.75. The van der Waals surface area contributed by atoms with E-state index in [-0.39, 0.29) is 18.0 Å². The summed E-state index contributed by atoms with van der Waals surface area (Å²) in [4.78, 5) is 32.8. The number of likely N-dealkylation sites (tertiary alicyclic amines) is 1. The van der Waals surface area contributed by atoms with E-state index in [0.29, 0.717) is 19.4 Å². The van der Waals surface area contributed by atoms with E-state index < -0.39 is 5.54 Å². The van der Waals surface area contributed by atoms with E-state index in [1.54, 1.807) is 0 Å². The van der Waals surface area contributed by atoms with E-state index in [2.05, 4.69) is 59.1 Å². The van der Waals surface area contributed by atoms with Gasteiger partial charge in [-0.05, 0) is 50.3 Å². The van der Waals surface area contributed by atoms with Crippen molar-refractivity contribution in [2.24, 2.45) is 7.05 Å². The molecule has 6 nitrogen and oxygen atoms in total. The van der Waals surface area contributed by atoms with Gasteiger partial charge in [-0.25, -0.2) is 4.79 Å². The zero-order chi connectivity index (χ0) is 23.9. The first-order valence-corrected chi connectivity index (χ1v) is 12.4. The second-order valence-electron chi connectivity index (χ2n) is 10.0. The van der Waals surface area contributed by atoms with Gasteiger partial charge >= 0.3 is 6.03 Å². The number of hydrogen-bond acceptors (Lipinski definition) is 3. The van der Waals surface area contributed by atoms with Gasteiger partial charge in [0.15, 0.2) is 0 Å². The molecule has 6 heteroatoms. The van der Waals surface area contributed by atoms with Crippen LogP contribution in [0.2, 0.25) is 0 Å². The molecule has 0 atom stereocenters. The van der Waals surface area contributed by atoms with Crippen molar-refractivity contribution in [1.29, 1.82) is 0 Å². The second kappa shape index (κ2) is 8.91. The summed E-state index contributed by atoms with van der Waals surface area (Å²) >= 11 is 0. The molecule has 178 valence electrons. The lowest BCUT2D eigenvalue weighted by atomic mass is 9.85. The van der Waals surface area contributed by atoms with Gasteiger partial charge in [0.25, 0.3) is 5.91 Å². The van der Waals surface area contributed by atoms with E-state index in [9.17, 15) is 9.59 Å². The van der Waals surface area contributed by atoms with Crippen molar-refractivity contribution < 1.29 is 9.59 Å². The molecule has 2 aromatic carbocycles. The summed E-state index contributed by atoms with van der Waals surface area (Å²) in [5, 5.41) is 1.29. The lowest BCUT2D eigenvalue weighted by Crippen LogP contribution is -2.56. The maximum atomic E-state index is 13.6. The molecule has 0 unspecified atom stereocenters. The smallest absolute Gasteiger partial charge is 0.327 e. The van der Waals surface area contributed by atoms with Crippen LogP contribution in [0, 0.1) is 0 Å². The Balaban J connectivity index is 1.34. The highest BCUT2D eigenvalue weighted by atomic mass is 16.2. The number of aryl methyl sites for hydroxylation is 1.